The second-order valence-corrected chi connectivity index (χ2v) is 5.14. The van der Waals surface area contributed by atoms with E-state index in [2.05, 4.69) is 0 Å². The molecule has 100 valence electrons. The first-order chi connectivity index (χ1) is 8.68. The van der Waals surface area contributed by atoms with Crippen LogP contribution in [-0.4, -0.2) is 17.8 Å². The smallest absolute Gasteiger partial charge is 0.120 e. The van der Waals surface area contributed by atoms with Crippen LogP contribution in [0, 0.1) is 0 Å². The van der Waals surface area contributed by atoms with Gasteiger partial charge < -0.3 is 15.6 Å². The molecular formula is C15H23NO2. The average Bonchev–Trinajstić information content (AvgIpc) is 2.91. The summed E-state index contributed by atoms with van der Waals surface area (Å²) in [4.78, 5) is 0. The molecule has 1 saturated carbocycles. The van der Waals surface area contributed by atoms with E-state index in [9.17, 15) is 5.11 Å². The quantitative estimate of drug-likeness (QED) is 0.843. The minimum absolute atomic E-state index is 0.233. The van der Waals surface area contributed by atoms with Gasteiger partial charge in [0.05, 0.1) is 6.10 Å². The molecule has 0 amide bonds. The van der Waals surface area contributed by atoms with Crippen molar-refractivity contribution in [2.24, 2.45) is 5.73 Å². The lowest BCUT2D eigenvalue weighted by Gasteiger charge is -2.26. The lowest BCUT2D eigenvalue weighted by molar-refractivity contribution is 0.0414. The molecule has 3 heteroatoms. The third-order valence-corrected chi connectivity index (χ3v) is 3.90. The highest BCUT2D eigenvalue weighted by Gasteiger charge is 2.26. The number of ether oxygens (including phenoxy) is 1. The molecule has 0 radical (unpaired) electrons. The van der Waals surface area contributed by atoms with Gasteiger partial charge in [-0.25, -0.2) is 0 Å². The molecule has 0 saturated heterocycles. The monoisotopic (exact) mass is 249 g/mol. The molecule has 1 aromatic carbocycles. The molecule has 1 aliphatic carbocycles. The fourth-order valence-electron chi connectivity index (χ4n) is 2.52. The molecule has 1 aromatic rings. The highest BCUT2D eigenvalue weighted by atomic mass is 16.5. The molecule has 0 spiro atoms. The zero-order valence-electron chi connectivity index (χ0n) is 11.1. The zero-order chi connectivity index (χ0) is 13.0. The van der Waals surface area contributed by atoms with Crippen LogP contribution in [0.3, 0.4) is 0 Å². The molecule has 3 N–H and O–H groups in total. The number of rotatable bonds is 5. The fraction of sp³-hybridized carbons (Fsp3) is 0.600. The molecule has 0 unspecified atom stereocenters. The second-order valence-electron chi connectivity index (χ2n) is 5.14. The first kappa shape index (κ1) is 13.4. The van der Waals surface area contributed by atoms with E-state index in [0.29, 0.717) is 12.5 Å². The van der Waals surface area contributed by atoms with Gasteiger partial charge in [-0.15, -0.1) is 0 Å². The van der Waals surface area contributed by atoms with Crippen LogP contribution in [-0.2, 0) is 5.60 Å². The molecule has 1 fully saturated rings. The largest absolute Gasteiger partial charge is 0.490 e. The van der Waals surface area contributed by atoms with Gasteiger partial charge in [-0.05, 0) is 49.8 Å². The Morgan fingerprint density at radius 1 is 1.39 bits per heavy atom. The third kappa shape index (κ3) is 2.85. The lowest BCUT2D eigenvalue weighted by atomic mass is 9.91. The van der Waals surface area contributed by atoms with Crippen molar-refractivity contribution in [3.63, 3.8) is 0 Å². The Hall–Kier alpha value is -1.06. The van der Waals surface area contributed by atoms with E-state index in [1.807, 2.05) is 31.2 Å². The van der Waals surface area contributed by atoms with E-state index in [4.69, 9.17) is 10.5 Å². The zero-order valence-corrected chi connectivity index (χ0v) is 11.1. The van der Waals surface area contributed by atoms with Crippen molar-refractivity contribution < 1.29 is 9.84 Å². The maximum Gasteiger partial charge on any atom is 0.120 e. The number of hydrogen-bond acceptors (Lipinski definition) is 3. The highest BCUT2D eigenvalue weighted by molar-refractivity contribution is 5.32. The first-order valence-corrected chi connectivity index (χ1v) is 6.87. The minimum atomic E-state index is -0.935. The Bertz CT molecular complexity index is 382. The lowest BCUT2D eigenvalue weighted by Crippen LogP contribution is -2.34. The van der Waals surface area contributed by atoms with E-state index in [1.165, 1.54) is 12.8 Å². The van der Waals surface area contributed by atoms with Crippen molar-refractivity contribution in [1.82, 2.24) is 0 Å². The van der Waals surface area contributed by atoms with Crippen LogP contribution in [0.2, 0.25) is 0 Å². The van der Waals surface area contributed by atoms with Gasteiger partial charge in [0.1, 0.15) is 11.4 Å². The summed E-state index contributed by atoms with van der Waals surface area (Å²) in [5.74, 6) is 0.847. The number of aliphatic hydroxyl groups is 1. The predicted octanol–water partition coefficient (Wildman–Crippen LogP) is 2.56. The van der Waals surface area contributed by atoms with Crippen LogP contribution in [0.5, 0.6) is 5.75 Å². The standard InChI is InChI=1S/C15H23NO2/c1-2-15(17,11-16)12-6-5-9-14(10-12)18-13-7-3-4-8-13/h5-6,9-10,13,17H,2-4,7-8,11,16H2,1H3/t15-/m1/s1. The summed E-state index contributed by atoms with van der Waals surface area (Å²) in [6.45, 7) is 2.17. The van der Waals surface area contributed by atoms with Crippen LogP contribution < -0.4 is 10.5 Å². The number of benzene rings is 1. The molecule has 3 nitrogen and oxygen atoms in total. The van der Waals surface area contributed by atoms with Gasteiger partial charge in [0.25, 0.3) is 0 Å². The fourth-order valence-corrected chi connectivity index (χ4v) is 2.52. The van der Waals surface area contributed by atoms with Crippen molar-refractivity contribution in [2.75, 3.05) is 6.54 Å². The first-order valence-electron chi connectivity index (χ1n) is 6.87. The van der Waals surface area contributed by atoms with E-state index in [-0.39, 0.29) is 6.54 Å². The van der Waals surface area contributed by atoms with Gasteiger partial charge in [-0.1, -0.05) is 19.1 Å². The van der Waals surface area contributed by atoms with Crippen LogP contribution in [0.1, 0.15) is 44.6 Å². The van der Waals surface area contributed by atoms with Crippen molar-refractivity contribution in [1.29, 1.82) is 0 Å². The molecule has 0 bridgehead atoms. The number of hydrogen-bond donors (Lipinski definition) is 2. The summed E-state index contributed by atoms with van der Waals surface area (Å²) in [5.41, 5.74) is 5.59. The van der Waals surface area contributed by atoms with E-state index in [1.54, 1.807) is 0 Å². The summed E-state index contributed by atoms with van der Waals surface area (Å²) in [5, 5.41) is 10.4. The predicted molar refractivity (Wildman–Crippen MR) is 72.6 cm³/mol. The Morgan fingerprint density at radius 3 is 2.72 bits per heavy atom. The molecule has 0 aliphatic heterocycles. The second kappa shape index (κ2) is 5.72. The molecule has 2 rings (SSSR count). The van der Waals surface area contributed by atoms with Crippen molar-refractivity contribution >= 4 is 0 Å². The minimum Gasteiger partial charge on any atom is -0.490 e. The topological polar surface area (TPSA) is 55.5 Å². The van der Waals surface area contributed by atoms with Crippen LogP contribution >= 0.6 is 0 Å². The Kier molecular flexibility index (Phi) is 4.25. The van der Waals surface area contributed by atoms with Crippen molar-refractivity contribution in [2.45, 2.75) is 50.7 Å². The Morgan fingerprint density at radius 2 is 2.11 bits per heavy atom. The summed E-state index contributed by atoms with van der Waals surface area (Å²) in [7, 11) is 0. The van der Waals surface area contributed by atoms with E-state index in [0.717, 1.165) is 24.2 Å². The van der Waals surface area contributed by atoms with Gasteiger partial charge in [0.2, 0.25) is 0 Å². The molecular weight excluding hydrogens is 226 g/mol. The Labute approximate surface area is 109 Å². The molecule has 18 heavy (non-hydrogen) atoms. The molecule has 0 aromatic heterocycles. The van der Waals surface area contributed by atoms with Gasteiger partial charge in [0, 0.05) is 6.54 Å². The van der Waals surface area contributed by atoms with Gasteiger partial charge in [0.15, 0.2) is 0 Å². The van der Waals surface area contributed by atoms with E-state index >= 15 is 0 Å². The highest BCUT2D eigenvalue weighted by Crippen LogP contribution is 2.29. The SMILES string of the molecule is CC[C@@](O)(CN)c1cccc(OC2CCCC2)c1. The maximum atomic E-state index is 10.4. The summed E-state index contributed by atoms with van der Waals surface area (Å²) >= 11 is 0. The summed E-state index contributed by atoms with van der Waals surface area (Å²) in [6, 6.07) is 7.72. The van der Waals surface area contributed by atoms with Crippen LogP contribution in [0.25, 0.3) is 0 Å². The maximum absolute atomic E-state index is 10.4. The molecule has 1 aliphatic rings. The van der Waals surface area contributed by atoms with Crippen LogP contribution in [0.4, 0.5) is 0 Å². The summed E-state index contributed by atoms with van der Waals surface area (Å²) in [6.07, 6.45) is 5.74. The summed E-state index contributed by atoms with van der Waals surface area (Å²) < 4.78 is 5.95. The Balaban J connectivity index is 2.13. The van der Waals surface area contributed by atoms with Crippen molar-refractivity contribution in [3.8, 4) is 5.75 Å². The van der Waals surface area contributed by atoms with Gasteiger partial charge in [-0.2, -0.15) is 0 Å². The van der Waals surface area contributed by atoms with Crippen molar-refractivity contribution in [3.05, 3.63) is 29.8 Å². The third-order valence-electron chi connectivity index (χ3n) is 3.90. The number of nitrogens with two attached hydrogens (primary N) is 1. The normalized spacial score (nSPS) is 19.7. The van der Waals surface area contributed by atoms with E-state index < -0.39 is 5.60 Å². The molecule has 1 atom stereocenters. The van der Waals surface area contributed by atoms with Crippen LogP contribution in [0.15, 0.2) is 24.3 Å². The van der Waals surface area contributed by atoms with Gasteiger partial charge >= 0.3 is 0 Å². The molecule has 0 heterocycles. The van der Waals surface area contributed by atoms with Gasteiger partial charge in [-0.3, -0.25) is 0 Å². The average molecular weight is 249 g/mol.